The average Bonchev–Trinajstić information content (AvgIpc) is 3.02. The van der Waals surface area contributed by atoms with E-state index in [1.807, 2.05) is 6.07 Å². The zero-order chi connectivity index (χ0) is 19.6. The Morgan fingerprint density at radius 1 is 1.07 bits per heavy atom. The van der Waals surface area contributed by atoms with Gasteiger partial charge in [-0.3, -0.25) is 4.79 Å². The van der Waals surface area contributed by atoms with Gasteiger partial charge in [-0.15, -0.1) is 0 Å². The van der Waals surface area contributed by atoms with Gasteiger partial charge in [-0.25, -0.2) is 4.79 Å². The van der Waals surface area contributed by atoms with E-state index >= 15 is 0 Å². The average molecular weight is 367 g/mol. The predicted octanol–water partition coefficient (Wildman–Crippen LogP) is 3.74. The van der Waals surface area contributed by atoms with Crippen molar-refractivity contribution in [1.29, 1.82) is 0 Å². The molecule has 0 radical (unpaired) electrons. The van der Waals surface area contributed by atoms with Gasteiger partial charge in [0.25, 0.3) is 5.91 Å². The second-order valence-corrected chi connectivity index (χ2v) is 6.35. The van der Waals surface area contributed by atoms with Crippen molar-refractivity contribution in [2.45, 2.75) is 13.0 Å². The number of carbonyl (C=O) groups is 2. The summed E-state index contributed by atoms with van der Waals surface area (Å²) >= 11 is 0. The standard InChI is InChI=1S/C21H21NO5/c1-13-16-12-15(25-4)10-11-17(16)26-18(13)21(24)27-19(20(23)22(2)3)14-8-6-5-7-9-14/h5-12,19H,1-4H3/t19-/m1/s1. The van der Waals surface area contributed by atoms with Gasteiger partial charge >= 0.3 is 5.97 Å². The highest BCUT2D eigenvalue weighted by atomic mass is 16.6. The van der Waals surface area contributed by atoms with E-state index in [-0.39, 0.29) is 11.7 Å². The minimum Gasteiger partial charge on any atom is -0.497 e. The van der Waals surface area contributed by atoms with Gasteiger partial charge in [0.05, 0.1) is 7.11 Å². The Labute approximate surface area is 157 Å². The number of likely N-dealkylation sites (N-methyl/N-ethyl adjacent to an activating group) is 1. The minimum atomic E-state index is -1.05. The Bertz CT molecular complexity index is 975. The number of fused-ring (bicyclic) bond motifs is 1. The molecule has 0 aliphatic rings. The lowest BCUT2D eigenvalue weighted by atomic mass is 10.1. The van der Waals surface area contributed by atoms with E-state index in [4.69, 9.17) is 13.9 Å². The van der Waals surface area contributed by atoms with Crippen LogP contribution >= 0.6 is 0 Å². The fourth-order valence-electron chi connectivity index (χ4n) is 2.81. The number of methoxy groups -OCH3 is 1. The third-order valence-electron chi connectivity index (χ3n) is 4.32. The number of benzene rings is 2. The number of esters is 1. The summed E-state index contributed by atoms with van der Waals surface area (Å²) in [6.45, 7) is 1.77. The number of hydrogen-bond donors (Lipinski definition) is 0. The largest absolute Gasteiger partial charge is 0.497 e. The molecule has 0 N–H and O–H groups in total. The van der Waals surface area contributed by atoms with Crippen molar-refractivity contribution >= 4 is 22.8 Å². The molecule has 1 aromatic heterocycles. The van der Waals surface area contributed by atoms with Crippen LogP contribution in [0.3, 0.4) is 0 Å². The first-order valence-corrected chi connectivity index (χ1v) is 8.46. The molecule has 0 saturated carbocycles. The van der Waals surface area contributed by atoms with E-state index < -0.39 is 12.1 Å². The normalized spacial score (nSPS) is 11.9. The molecule has 0 aliphatic carbocycles. The van der Waals surface area contributed by atoms with Gasteiger partial charge in [0.15, 0.2) is 0 Å². The molecule has 6 heteroatoms. The van der Waals surface area contributed by atoms with Crippen molar-refractivity contribution in [1.82, 2.24) is 4.90 Å². The van der Waals surface area contributed by atoms with Gasteiger partial charge in [0, 0.05) is 30.6 Å². The first kappa shape index (κ1) is 18.5. The lowest BCUT2D eigenvalue weighted by molar-refractivity contribution is -0.138. The summed E-state index contributed by atoms with van der Waals surface area (Å²) in [4.78, 5) is 26.7. The van der Waals surface area contributed by atoms with Gasteiger partial charge < -0.3 is 18.8 Å². The van der Waals surface area contributed by atoms with Gasteiger partial charge in [-0.2, -0.15) is 0 Å². The number of hydrogen-bond acceptors (Lipinski definition) is 5. The molecule has 0 fully saturated rings. The zero-order valence-electron chi connectivity index (χ0n) is 15.7. The van der Waals surface area contributed by atoms with Crippen LogP contribution in [0.1, 0.15) is 27.8 Å². The molecule has 0 unspecified atom stereocenters. The minimum absolute atomic E-state index is 0.0748. The molecule has 2 aromatic carbocycles. The van der Waals surface area contributed by atoms with Crippen LogP contribution in [-0.2, 0) is 9.53 Å². The number of furan rings is 1. The van der Waals surface area contributed by atoms with E-state index in [0.717, 1.165) is 5.39 Å². The molecule has 140 valence electrons. The molecule has 1 heterocycles. The highest BCUT2D eigenvalue weighted by Crippen LogP contribution is 2.30. The molecular weight excluding hydrogens is 346 g/mol. The smallest absolute Gasteiger partial charge is 0.375 e. The summed E-state index contributed by atoms with van der Waals surface area (Å²) in [5.41, 5.74) is 1.79. The van der Waals surface area contributed by atoms with E-state index in [0.29, 0.717) is 22.5 Å². The topological polar surface area (TPSA) is 69.0 Å². The second-order valence-electron chi connectivity index (χ2n) is 6.35. The summed E-state index contributed by atoms with van der Waals surface area (Å²) in [7, 11) is 4.80. The van der Waals surface area contributed by atoms with E-state index in [1.54, 1.807) is 70.6 Å². The monoisotopic (exact) mass is 367 g/mol. The number of rotatable bonds is 5. The third-order valence-corrected chi connectivity index (χ3v) is 4.32. The second kappa shape index (κ2) is 7.53. The maximum Gasteiger partial charge on any atom is 0.375 e. The highest BCUT2D eigenvalue weighted by molar-refractivity contribution is 5.97. The molecule has 6 nitrogen and oxygen atoms in total. The summed E-state index contributed by atoms with van der Waals surface area (Å²) in [5, 5.41) is 0.761. The first-order chi connectivity index (χ1) is 12.9. The van der Waals surface area contributed by atoms with Gasteiger partial charge in [0.2, 0.25) is 11.9 Å². The van der Waals surface area contributed by atoms with Crippen LogP contribution in [0.2, 0.25) is 0 Å². The van der Waals surface area contributed by atoms with Gasteiger partial charge in [-0.05, 0) is 25.1 Å². The molecule has 0 spiro atoms. The molecule has 0 bridgehead atoms. The maximum atomic E-state index is 12.8. The molecule has 27 heavy (non-hydrogen) atoms. The molecule has 0 aliphatic heterocycles. The van der Waals surface area contributed by atoms with Crippen LogP contribution in [0.25, 0.3) is 11.0 Å². The Kier molecular flexibility index (Phi) is 5.16. The number of ether oxygens (including phenoxy) is 2. The maximum absolute atomic E-state index is 12.8. The van der Waals surface area contributed by atoms with Crippen LogP contribution in [0.15, 0.2) is 52.9 Å². The van der Waals surface area contributed by atoms with Crippen LogP contribution in [0.4, 0.5) is 0 Å². The number of aryl methyl sites for hydroxylation is 1. The Balaban J connectivity index is 1.95. The predicted molar refractivity (Wildman–Crippen MR) is 101 cm³/mol. The van der Waals surface area contributed by atoms with Crippen LogP contribution in [0, 0.1) is 6.92 Å². The summed E-state index contributed by atoms with van der Waals surface area (Å²) in [5.74, 6) is -0.279. The Hall–Kier alpha value is -3.28. The van der Waals surface area contributed by atoms with Crippen molar-refractivity contribution in [2.24, 2.45) is 0 Å². The fraction of sp³-hybridized carbons (Fsp3) is 0.238. The van der Waals surface area contributed by atoms with Crippen LogP contribution < -0.4 is 4.74 Å². The van der Waals surface area contributed by atoms with Crippen molar-refractivity contribution in [2.75, 3.05) is 21.2 Å². The molecular formula is C21H21NO5. The Morgan fingerprint density at radius 3 is 2.41 bits per heavy atom. The molecule has 1 amide bonds. The SMILES string of the molecule is COc1ccc2oc(C(=O)O[C@@H](C(=O)N(C)C)c3ccccc3)c(C)c2c1. The van der Waals surface area contributed by atoms with Crippen LogP contribution in [0.5, 0.6) is 5.75 Å². The van der Waals surface area contributed by atoms with Crippen molar-refractivity contribution in [3.63, 3.8) is 0 Å². The first-order valence-electron chi connectivity index (χ1n) is 8.46. The van der Waals surface area contributed by atoms with E-state index in [9.17, 15) is 9.59 Å². The molecule has 1 atom stereocenters. The quantitative estimate of drug-likeness (QED) is 0.643. The summed E-state index contributed by atoms with van der Waals surface area (Å²) in [6, 6.07) is 14.2. The molecule has 3 aromatic rings. The summed E-state index contributed by atoms with van der Waals surface area (Å²) < 4.78 is 16.5. The van der Waals surface area contributed by atoms with E-state index in [2.05, 4.69) is 0 Å². The van der Waals surface area contributed by atoms with Crippen molar-refractivity contribution < 1.29 is 23.5 Å². The van der Waals surface area contributed by atoms with E-state index in [1.165, 1.54) is 4.90 Å². The van der Waals surface area contributed by atoms with Crippen molar-refractivity contribution in [3.05, 3.63) is 65.4 Å². The highest BCUT2D eigenvalue weighted by Gasteiger charge is 2.29. The zero-order valence-corrected chi connectivity index (χ0v) is 15.7. The molecule has 3 rings (SSSR count). The number of carbonyl (C=O) groups excluding carboxylic acids is 2. The van der Waals surface area contributed by atoms with Gasteiger partial charge in [-0.1, -0.05) is 30.3 Å². The molecule has 0 saturated heterocycles. The summed E-state index contributed by atoms with van der Waals surface area (Å²) in [6.07, 6.45) is -1.05. The van der Waals surface area contributed by atoms with Gasteiger partial charge in [0.1, 0.15) is 11.3 Å². The third kappa shape index (κ3) is 3.65. The van der Waals surface area contributed by atoms with Crippen LogP contribution in [-0.4, -0.2) is 38.0 Å². The van der Waals surface area contributed by atoms with Crippen molar-refractivity contribution in [3.8, 4) is 5.75 Å². The lowest BCUT2D eigenvalue weighted by Gasteiger charge is -2.20. The fourth-order valence-corrected chi connectivity index (χ4v) is 2.81. The Morgan fingerprint density at radius 2 is 1.78 bits per heavy atom. The number of amides is 1. The number of nitrogens with zero attached hydrogens (tertiary/aromatic N) is 1. The lowest BCUT2D eigenvalue weighted by Crippen LogP contribution is -2.31.